The molecule has 0 unspecified atom stereocenters. The van der Waals surface area contributed by atoms with Gasteiger partial charge in [-0.3, -0.25) is 9.59 Å². The molecule has 30 heavy (non-hydrogen) atoms. The molecule has 0 radical (unpaired) electrons. The normalized spacial score (nSPS) is 10.4. The van der Waals surface area contributed by atoms with Crippen LogP contribution >= 0.6 is 31.9 Å². The molecule has 0 atom stereocenters. The van der Waals surface area contributed by atoms with Gasteiger partial charge in [-0.15, -0.1) is 0 Å². The van der Waals surface area contributed by atoms with Crippen LogP contribution in [0.25, 0.3) is 0 Å². The number of ether oxygens (including phenoxy) is 1. The average Bonchev–Trinajstić information content (AvgIpc) is 2.68. The van der Waals surface area contributed by atoms with Crippen molar-refractivity contribution in [1.29, 1.82) is 0 Å². The first-order valence-corrected chi connectivity index (χ1v) is 10.8. The van der Waals surface area contributed by atoms with Crippen molar-refractivity contribution in [3.05, 3.63) is 86.3 Å². The molecular weight excluding hydrogens is 512 g/mol. The van der Waals surface area contributed by atoms with E-state index in [-0.39, 0.29) is 18.4 Å². The summed E-state index contributed by atoms with van der Waals surface area (Å²) >= 11 is 6.86. The van der Waals surface area contributed by atoms with Crippen LogP contribution in [0.1, 0.15) is 21.5 Å². The van der Waals surface area contributed by atoms with Gasteiger partial charge >= 0.3 is 0 Å². The Morgan fingerprint density at radius 3 is 2.20 bits per heavy atom. The van der Waals surface area contributed by atoms with Crippen LogP contribution in [0.4, 0.5) is 11.4 Å². The van der Waals surface area contributed by atoms with Crippen molar-refractivity contribution in [1.82, 2.24) is 0 Å². The summed E-state index contributed by atoms with van der Waals surface area (Å²) in [6.07, 6.45) is 0. The summed E-state index contributed by atoms with van der Waals surface area (Å²) in [7, 11) is 0. The zero-order valence-electron chi connectivity index (χ0n) is 16.5. The van der Waals surface area contributed by atoms with Gasteiger partial charge in [-0.25, -0.2) is 0 Å². The Hall–Kier alpha value is -2.64. The van der Waals surface area contributed by atoms with Crippen LogP contribution in [0.2, 0.25) is 0 Å². The van der Waals surface area contributed by atoms with Crippen molar-refractivity contribution in [2.75, 3.05) is 17.2 Å². The van der Waals surface area contributed by atoms with E-state index in [0.717, 1.165) is 20.1 Å². The van der Waals surface area contributed by atoms with Crippen LogP contribution < -0.4 is 15.4 Å². The lowest BCUT2D eigenvalue weighted by Crippen LogP contribution is -2.20. The third-order valence-corrected chi connectivity index (χ3v) is 5.30. The molecule has 0 spiro atoms. The van der Waals surface area contributed by atoms with Gasteiger partial charge < -0.3 is 15.4 Å². The fraction of sp³-hybridized carbons (Fsp3) is 0.130. The van der Waals surface area contributed by atoms with Crippen LogP contribution in [0.15, 0.2) is 69.6 Å². The Morgan fingerprint density at radius 1 is 0.900 bits per heavy atom. The lowest BCUT2D eigenvalue weighted by molar-refractivity contribution is -0.118. The molecule has 0 aliphatic heterocycles. The van der Waals surface area contributed by atoms with E-state index < -0.39 is 0 Å². The number of amides is 2. The molecule has 3 aromatic carbocycles. The molecule has 0 saturated carbocycles. The maximum atomic E-state index is 12.3. The zero-order chi connectivity index (χ0) is 21.7. The number of carbonyl (C=O) groups is 2. The Labute approximate surface area is 192 Å². The first kappa shape index (κ1) is 22.1. The van der Waals surface area contributed by atoms with Gasteiger partial charge in [0.2, 0.25) is 0 Å². The van der Waals surface area contributed by atoms with E-state index in [1.54, 1.807) is 30.3 Å². The number of halogens is 2. The van der Waals surface area contributed by atoms with Crippen LogP contribution in [0, 0.1) is 13.8 Å². The van der Waals surface area contributed by atoms with E-state index in [1.165, 1.54) is 0 Å². The van der Waals surface area contributed by atoms with Gasteiger partial charge in [-0.05, 0) is 83.9 Å². The van der Waals surface area contributed by atoms with E-state index in [0.29, 0.717) is 22.7 Å². The van der Waals surface area contributed by atoms with Crippen LogP contribution in [-0.4, -0.2) is 18.4 Å². The molecule has 0 saturated heterocycles. The minimum atomic E-state index is -0.277. The fourth-order valence-corrected chi connectivity index (χ4v) is 4.39. The highest BCUT2D eigenvalue weighted by atomic mass is 79.9. The Kier molecular flexibility index (Phi) is 7.29. The molecule has 0 aliphatic rings. The first-order chi connectivity index (χ1) is 14.3. The summed E-state index contributed by atoms with van der Waals surface area (Å²) in [6.45, 7) is 3.73. The van der Waals surface area contributed by atoms with Gasteiger partial charge in [-0.2, -0.15) is 0 Å². The summed E-state index contributed by atoms with van der Waals surface area (Å²) < 4.78 is 7.36. The molecule has 5 nitrogen and oxygen atoms in total. The Balaban J connectivity index is 1.55. The topological polar surface area (TPSA) is 67.4 Å². The second-order valence-electron chi connectivity index (χ2n) is 6.77. The van der Waals surface area contributed by atoms with Gasteiger partial charge in [0.1, 0.15) is 5.75 Å². The van der Waals surface area contributed by atoms with Crippen molar-refractivity contribution in [2.45, 2.75) is 13.8 Å². The number of anilines is 2. The quantitative estimate of drug-likeness (QED) is 0.404. The summed E-state index contributed by atoms with van der Waals surface area (Å²) in [5.41, 5.74) is 3.79. The molecule has 7 heteroatoms. The predicted molar refractivity (Wildman–Crippen MR) is 126 cm³/mol. The van der Waals surface area contributed by atoms with Crippen LogP contribution in [-0.2, 0) is 4.79 Å². The Morgan fingerprint density at radius 2 is 1.57 bits per heavy atom. The number of hydrogen-bond acceptors (Lipinski definition) is 3. The van der Waals surface area contributed by atoms with Gasteiger partial charge in [0.15, 0.2) is 6.61 Å². The third kappa shape index (κ3) is 5.93. The highest BCUT2D eigenvalue weighted by Gasteiger charge is 2.11. The number of hydrogen-bond donors (Lipinski definition) is 2. The number of carbonyl (C=O) groups excluding carboxylic acids is 2. The summed E-state index contributed by atoms with van der Waals surface area (Å²) in [5.74, 6) is 0.169. The summed E-state index contributed by atoms with van der Waals surface area (Å²) in [6, 6.07) is 18.1. The summed E-state index contributed by atoms with van der Waals surface area (Å²) in [5, 5.41) is 5.63. The second kappa shape index (κ2) is 9.91. The average molecular weight is 532 g/mol. The maximum absolute atomic E-state index is 12.3. The lowest BCUT2D eigenvalue weighted by atomic mass is 10.1. The first-order valence-electron chi connectivity index (χ1n) is 9.18. The SMILES string of the molecule is Cc1cccc(C(=O)Nc2ccc(NC(=O)COc3c(C)cc(Br)cc3Br)cc2)c1. The van der Waals surface area contributed by atoms with E-state index in [2.05, 4.69) is 42.5 Å². The number of aryl methyl sites for hydroxylation is 2. The zero-order valence-corrected chi connectivity index (χ0v) is 19.6. The van der Waals surface area contributed by atoms with Gasteiger partial charge in [0, 0.05) is 21.4 Å². The molecule has 154 valence electrons. The van der Waals surface area contributed by atoms with Gasteiger partial charge in [0.25, 0.3) is 11.8 Å². The molecule has 0 aromatic heterocycles. The fourth-order valence-electron chi connectivity index (χ4n) is 2.83. The standard InChI is InChI=1S/C23H20Br2N2O3/c1-14-4-3-5-16(10-14)23(29)27-19-8-6-18(7-9-19)26-21(28)13-30-22-15(2)11-17(24)12-20(22)25/h3-12H,13H2,1-2H3,(H,26,28)(H,27,29). The molecule has 0 aliphatic carbocycles. The third-order valence-electron chi connectivity index (χ3n) is 4.25. The summed E-state index contributed by atoms with van der Waals surface area (Å²) in [4.78, 5) is 24.5. The minimum Gasteiger partial charge on any atom is -0.482 e. The predicted octanol–water partition coefficient (Wildman–Crippen LogP) is 6.10. The van der Waals surface area contributed by atoms with Crippen molar-refractivity contribution in [3.8, 4) is 5.75 Å². The lowest BCUT2D eigenvalue weighted by Gasteiger charge is -2.12. The van der Waals surface area contributed by atoms with Crippen LogP contribution in [0.5, 0.6) is 5.75 Å². The maximum Gasteiger partial charge on any atom is 0.262 e. The van der Waals surface area contributed by atoms with Gasteiger partial charge in [-0.1, -0.05) is 33.6 Å². The number of benzene rings is 3. The monoisotopic (exact) mass is 530 g/mol. The van der Waals surface area contributed by atoms with E-state index in [9.17, 15) is 9.59 Å². The molecule has 2 N–H and O–H groups in total. The number of rotatable bonds is 6. The van der Waals surface area contributed by atoms with E-state index in [4.69, 9.17) is 4.74 Å². The molecule has 3 rings (SSSR count). The molecule has 2 amide bonds. The molecule has 0 bridgehead atoms. The Bertz CT molecular complexity index is 1060. The van der Waals surface area contributed by atoms with E-state index in [1.807, 2.05) is 44.2 Å². The highest BCUT2D eigenvalue weighted by Crippen LogP contribution is 2.32. The van der Waals surface area contributed by atoms with Crippen molar-refractivity contribution < 1.29 is 14.3 Å². The van der Waals surface area contributed by atoms with E-state index >= 15 is 0 Å². The number of nitrogens with one attached hydrogen (secondary N) is 2. The smallest absolute Gasteiger partial charge is 0.262 e. The minimum absolute atomic E-state index is 0.118. The second-order valence-corrected chi connectivity index (χ2v) is 8.54. The van der Waals surface area contributed by atoms with Crippen LogP contribution in [0.3, 0.4) is 0 Å². The molecule has 0 heterocycles. The highest BCUT2D eigenvalue weighted by molar-refractivity contribution is 9.11. The van der Waals surface area contributed by atoms with Crippen molar-refractivity contribution >= 4 is 55.0 Å². The van der Waals surface area contributed by atoms with Crippen molar-refractivity contribution in [3.63, 3.8) is 0 Å². The largest absolute Gasteiger partial charge is 0.482 e. The molecule has 3 aromatic rings. The van der Waals surface area contributed by atoms with Gasteiger partial charge in [0.05, 0.1) is 4.47 Å². The molecule has 0 fully saturated rings. The molecular formula is C23H20Br2N2O3. The van der Waals surface area contributed by atoms with Crippen molar-refractivity contribution in [2.24, 2.45) is 0 Å².